The van der Waals surface area contributed by atoms with Gasteiger partial charge in [0.2, 0.25) is 0 Å². The van der Waals surface area contributed by atoms with E-state index >= 15 is 0 Å². The van der Waals surface area contributed by atoms with E-state index in [2.05, 4.69) is 46.1 Å². The minimum atomic E-state index is -0.270. The second-order valence-electron chi connectivity index (χ2n) is 4.62. The monoisotopic (exact) mass is 390 g/mol. The van der Waals surface area contributed by atoms with Gasteiger partial charge in [0.25, 0.3) is 11.8 Å². The minimum Gasteiger partial charge on any atom is -0.375 e. The molecule has 0 aliphatic heterocycles. The fraction of sp³-hybridized carbons (Fsp3) is 0. The van der Waals surface area contributed by atoms with Crippen LogP contribution in [-0.4, -0.2) is 22.0 Å². The first-order valence-corrected chi connectivity index (χ1v) is 8.03. The van der Waals surface area contributed by atoms with E-state index < -0.39 is 0 Å². The maximum Gasteiger partial charge on any atom is 0.269 e. The van der Waals surface area contributed by atoms with E-state index in [0.29, 0.717) is 11.1 Å². The molecule has 136 valence electrons. The number of carbonyl (C=O) groups is 2. The van der Waals surface area contributed by atoms with Crippen molar-refractivity contribution in [2.45, 2.75) is 0 Å². The molecule has 0 heterocycles. The van der Waals surface area contributed by atoms with Gasteiger partial charge in [0.1, 0.15) is 0 Å². The molecule has 0 fully saturated rings. The normalized spacial score (nSPS) is 8.92. The van der Waals surface area contributed by atoms with Gasteiger partial charge in [-0.2, -0.15) is 0 Å². The van der Waals surface area contributed by atoms with Gasteiger partial charge in [0.15, 0.2) is 10.2 Å². The number of nitrogens with two attached hydrogens (primary N) is 2. The molecule has 8 nitrogen and oxygen atoms in total. The van der Waals surface area contributed by atoms with Crippen molar-refractivity contribution in [3.63, 3.8) is 0 Å². The Morgan fingerprint density at radius 1 is 0.615 bits per heavy atom. The molecule has 0 aliphatic rings. The predicted molar refractivity (Wildman–Crippen MR) is 108 cm³/mol. The number of thiocarbonyl (C=S) groups is 2. The number of hydrogen-bond donors (Lipinski definition) is 6. The lowest BCUT2D eigenvalue weighted by molar-refractivity contribution is 0.0936. The van der Waals surface area contributed by atoms with Crippen molar-refractivity contribution in [1.29, 1.82) is 0 Å². The number of hydrogen-bond acceptors (Lipinski definition) is 4. The molecular weight excluding hydrogens is 372 g/mol. The van der Waals surface area contributed by atoms with E-state index in [4.69, 9.17) is 11.5 Å². The summed E-state index contributed by atoms with van der Waals surface area (Å²) < 4.78 is 0. The third kappa shape index (κ3) is 8.57. The molecule has 0 bridgehead atoms. The van der Waals surface area contributed by atoms with Crippen LogP contribution in [-0.2, 0) is 0 Å². The molecular formula is C16H18N6O2S2. The topological polar surface area (TPSA) is 134 Å². The first-order valence-electron chi connectivity index (χ1n) is 7.22. The van der Waals surface area contributed by atoms with E-state index in [1.165, 1.54) is 0 Å². The Labute approximate surface area is 161 Å². The van der Waals surface area contributed by atoms with Crippen molar-refractivity contribution in [2.75, 3.05) is 0 Å². The number of amides is 2. The average Bonchev–Trinajstić information content (AvgIpc) is 2.66. The fourth-order valence-electron chi connectivity index (χ4n) is 1.56. The Bertz CT molecular complexity index is 690. The molecule has 0 saturated carbocycles. The van der Waals surface area contributed by atoms with Crippen LogP contribution in [0.25, 0.3) is 0 Å². The van der Waals surface area contributed by atoms with Crippen LogP contribution in [0.15, 0.2) is 60.7 Å². The number of carbonyl (C=O) groups excluding carboxylic acids is 2. The summed E-state index contributed by atoms with van der Waals surface area (Å²) in [6, 6.07) is 17.5. The highest BCUT2D eigenvalue weighted by molar-refractivity contribution is 7.80. The van der Waals surface area contributed by atoms with Crippen molar-refractivity contribution < 1.29 is 9.59 Å². The van der Waals surface area contributed by atoms with E-state index in [1.54, 1.807) is 48.5 Å². The van der Waals surface area contributed by atoms with Gasteiger partial charge in [0.05, 0.1) is 0 Å². The van der Waals surface area contributed by atoms with Crippen LogP contribution in [0.3, 0.4) is 0 Å². The van der Waals surface area contributed by atoms with Gasteiger partial charge in [-0.25, -0.2) is 0 Å². The lowest BCUT2D eigenvalue weighted by Crippen LogP contribution is -2.44. The zero-order chi connectivity index (χ0) is 19.4. The van der Waals surface area contributed by atoms with Crippen LogP contribution in [0, 0.1) is 0 Å². The van der Waals surface area contributed by atoms with Crippen LogP contribution < -0.4 is 33.2 Å². The van der Waals surface area contributed by atoms with Crippen LogP contribution in [0.5, 0.6) is 0 Å². The molecule has 2 amide bonds. The maximum absolute atomic E-state index is 11.3. The highest BCUT2D eigenvalue weighted by atomic mass is 32.1. The van der Waals surface area contributed by atoms with Crippen LogP contribution in [0.2, 0.25) is 0 Å². The summed E-state index contributed by atoms with van der Waals surface area (Å²) in [4.78, 5) is 22.5. The lowest BCUT2D eigenvalue weighted by Gasteiger charge is -2.05. The largest absolute Gasteiger partial charge is 0.375 e. The molecule has 8 N–H and O–H groups in total. The van der Waals surface area contributed by atoms with Gasteiger partial charge >= 0.3 is 0 Å². The molecule has 10 heteroatoms. The zero-order valence-corrected chi connectivity index (χ0v) is 15.2. The summed E-state index contributed by atoms with van der Waals surface area (Å²) in [5, 5.41) is 0.0635. The summed E-state index contributed by atoms with van der Waals surface area (Å²) in [7, 11) is 0. The molecule has 0 atom stereocenters. The third-order valence-corrected chi connectivity index (χ3v) is 2.87. The van der Waals surface area contributed by atoms with Crippen LogP contribution in [0.1, 0.15) is 20.7 Å². The highest BCUT2D eigenvalue weighted by Crippen LogP contribution is 1.97. The number of rotatable bonds is 2. The first kappa shape index (κ1) is 20.8. The molecule has 26 heavy (non-hydrogen) atoms. The average molecular weight is 390 g/mol. The summed E-state index contributed by atoms with van der Waals surface area (Å²) in [6.07, 6.45) is 0. The quantitative estimate of drug-likeness (QED) is 0.319. The Balaban J connectivity index is 0.000000260. The minimum absolute atomic E-state index is 0.0317. The molecule has 0 saturated heterocycles. The zero-order valence-electron chi connectivity index (χ0n) is 13.6. The van der Waals surface area contributed by atoms with Crippen molar-refractivity contribution in [3.05, 3.63) is 71.8 Å². The molecule has 2 aromatic rings. The van der Waals surface area contributed by atoms with Gasteiger partial charge in [-0.1, -0.05) is 36.4 Å². The predicted octanol–water partition coefficient (Wildman–Crippen LogP) is 0.329. The lowest BCUT2D eigenvalue weighted by atomic mass is 10.2. The summed E-state index contributed by atoms with van der Waals surface area (Å²) >= 11 is 9.03. The molecule has 0 radical (unpaired) electrons. The summed E-state index contributed by atoms with van der Waals surface area (Å²) in [6.45, 7) is 0. The van der Waals surface area contributed by atoms with Crippen molar-refractivity contribution in [3.8, 4) is 0 Å². The standard InChI is InChI=1S/2C8H9N3OS/c2*9-8(13)11-10-7(12)6-4-2-1-3-5-6/h2*1-5H,(H,10,12)(H3,9,11,13). The Hall–Kier alpha value is -3.24. The number of hydrazine groups is 2. The Kier molecular flexibility index (Phi) is 9.07. The van der Waals surface area contributed by atoms with E-state index in [0.717, 1.165) is 0 Å². The van der Waals surface area contributed by atoms with Crippen molar-refractivity contribution in [1.82, 2.24) is 21.7 Å². The molecule has 2 aromatic carbocycles. The Morgan fingerprint density at radius 3 is 1.19 bits per heavy atom. The molecule has 0 aromatic heterocycles. The summed E-state index contributed by atoms with van der Waals surface area (Å²) in [5.74, 6) is -0.540. The van der Waals surface area contributed by atoms with Crippen LogP contribution >= 0.6 is 24.4 Å². The van der Waals surface area contributed by atoms with Gasteiger partial charge in [-0.3, -0.25) is 31.3 Å². The van der Waals surface area contributed by atoms with Gasteiger partial charge in [-0.05, 0) is 48.7 Å². The van der Waals surface area contributed by atoms with Crippen LogP contribution in [0.4, 0.5) is 0 Å². The Morgan fingerprint density at radius 2 is 0.923 bits per heavy atom. The third-order valence-electron chi connectivity index (χ3n) is 2.67. The van der Waals surface area contributed by atoms with E-state index in [-0.39, 0.29) is 22.0 Å². The molecule has 0 aliphatic carbocycles. The second kappa shape index (κ2) is 11.3. The van der Waals surface area contributed by atoms with Crippen molar-refractivity contribution in [2.24, 2.45) is 11.5 Å². The van der Waals surface area contributed by atoms with E-state index in [9.17, 15) is 9.59 Å². The number of nitrogens with one attached hydrogen (secondary N) is 4. The molecule has 0 unspecified atom stereocenters. The fourth-order valence-corrected chi connectivity index (χ4v) is 1.66. The van der Waals surface area contributed by atoms with Gasteiger partial charge in [-0.15, -0.1) is 0 Å². The van der Waals surface area contributed by atoms with Gasteiger partial charge in [0, 0.05) is 11.1 Å². The van der Waals surface area contributed by atoms with Crippen molar-refractivity contribution >= 4 is 46.5 Å². The number of benzene rings is 2. The second-order valence-corrected chi connectivity index (χ2v) is 5.50. The maximum atomic E-state index is 11.3. The smallest absolute Gasteiger partial charge is 0.269 e. The molecule has 2 rings (SSSR count). The highest BCUT2D eigenvalue weighted by Gasteiger charge is 2.03. The van der Waals surface area contributed by atoms with Gasteiger partial charge < -0.3 is 11.5 Å². The SMILES string of the molecule is NC(=S)NNC(=O)c1ccccc1.NC(=S)NNC(=O)c1ccccc1. The summed E-state index contributed by atoms with van der Waals surface area (Å²) in [5.41, 5.74) is 20.7. The van der Waals surface area contributed by atoms with E-state index in [1.807, 2.05) is 12.1 Å². The molecule has 0 spiro atoms. The first-order chi connectivity index (χ1) is 12.4.